The predicted molar refractivity (Wildman–Crippen MR) is 479 cm³/mol. The Morgan fingerprint density at radius 2 is 0.962 bits per heavy atom. The molecule has 130 heavy (non-hydrogen) atoms. The number of carboxylic acids is 3. The average molecular weight is 1770 g/mol. The maximum absolute atomic E-state index is 13.5. The lowest BCUT2D eigenvalue weighted by molar-refractivity contribution is -0.159. The second-order valence-electron chi connectivity index (χ2n) is 35.3. The van der Waals surface area contributed by atoms with Gasteiger partial charge in [-0.25, -0.2) is 79.0 Å². The summed E-state index contributed by atoms with van der Waals surface area (Å²) in [7, 11) is 6.59. The Morgan fingerprint density at radius 3 is 1.36 bits per heavy atom. The van der Waals surface area contributed by atoms with E-state index in [2.05, 4.69) is 124 Å². The lowest BCUT2D eigenvalue weighted by Crippen LogP contribution is -2.57. The number of anilines is 5. The van der Waals surface area contributed by atoms with Crippen molar-refractivity contribution < 1.29 is 57.3 Å². The summed E-state index contributed by atoms with van der Waals surface area (Å²) < 4.78 is 32.1. The van der Waals surface area contributed by atoms with Gasteiger partial charge >= 0.3 is 24.0 Å². The number of nitrogens with two attached hydrogens (primary N) is 3. The Labute approximate surface area is 748 Å². The number of aryl methyl sites for hydroxylation is 3. The molecular formula is C91H104FN27O11. The number of aliphatic carboxylic acids is 2. The molecular weight excluding hydrogens is 1670 g/mol. The number of aromatic carboxylic acids is 1. The minimum Gasteiger partial charge on any atom is -0.476 e. The molecule has 38 nitrogen and oxygen atoms in total. The highest BCUT2D eigenvalue weighted by Crippen LogP contribution is 2.44. The zero-order valence-electron chi connectivity index (χ0n) is 73.6. The number of pyridine rings is 6. The van der Waals surface area contributed by atoms with Gasteiger partial charge in [-0.05, 0) is 180 Å². The Kier molecular flexibility index (Phi) is 27.6. The van der Waals surface area contributed by atoms with E-state index in [0.717, 1.165) is 142 Å². The fraction of sp³-hybridized carbons (Fsp3) is 0.396. The van der Waals surface area contributed by atoms with Crippen LogP contribution >= 0.6 is 0 Å². The van der Waals surface area contributed by atoms with E-state index in [0.29, 0.717) is 63.0 Å². The molecule has 20 heterocycles. The molecule has 4 spiro atoms. The molecule has 0 saturated carbocycles. The van der Waals surface area contributed by atoms with Crippen molar-refractivity contribution in [3.05, 3.63) is 198 Å². The molecule has 0 unspecified atom stereocenters. The van der Waals surface area contributed by atoms with Crippen molar-refractivity contribution in [2.75, 3.05) is 152 Å². The van der Waals surface area contributed by atoms with E-state index in [1.807, 2.05) is 103 Å². The van der Waals surface area contributed by atoms with Crippen LogP contribution in [-0.2, 0) is 27.3 Å². The number of halogens is 1. The summed E-state index contributed by atoms with van der Waals surface area (Å²) in [5, 5.41) is 44.4. The maximum Gasteiger partial charge on any atom is 0.414 e. The lowest BCUT2D eigenvalue weighted by atomic mass is 9.79. The smallest absolute Gasteiger partial charge is 0.414 e. The van der Waals surface area contributed by atoms with Crippen LogP contribution in [0.3, 0.4) is 0 Å². The number of hydrogen-bond donors (Lipinski definition) is 7. The van der Waals surface area contributed by atoms with Crippen molar-refractivity contribution in [3.63, 3.8) is 0 Å². The second kappa shape index (κ2) is 39.1. The van der Waals surface area contributed by atoms with Gasteiger partial charge in [-0.2, -0.15) is 14.9 Å². The summed E-state index contributed by atoms with van der Waals surface area (Å²) in [6.07, 6.45) is 18.6. The van der Waals surface area contributed by atoms with Gasteiger partial charge in [0.05, 0.1) is 18.1 Å². The number of nitrogens with zero attached hydrogens (tertiary/aromatic N) is 23. The molecule has 10 N–H and O–H groups in total. The molecule has 8 aliphatic rings. The number of imidazole rings is 2. The van der Waals surface area contributed by atoms with Crippen molar-refractivity contribution in [2.24, 2.45) is 27.4 Å². The molecule has 0 bridgehead atoms. The number of ketones is 1. The SMILES string of the molecule is CC(C)(C)OC(=O)N1CCC2(CNC2)C1.CN1CCC2(C1)CN(c1cccc(C#N)n1)C2.CN1CCC2(C1)CN(c1cccc(CN)n1)C2.Cc1cnc2ccc(-c3nc(C(=O)CCc4cccc(N5CC6(CCN(C)C6)C5)n4)c(N)nc3-c3ncco3)cn12.Cc1cnc2ccc(-c3nc(C(=O)O)c(N)nc3-c3ncco3)cn12.N#Cc1cccc(F)n1.O=C(O)C(=O)O. The number of rotatable bonds is 13. The standard InChI is InChI=1S/C30H31N9O2.C16H12N6O3.C13H20N4.C13H16N4.C11H20N2O2.C6H3FN2.C2H2O4/c1-19-14-33-23-9-6-20(15-39(19)23)25-27(29-32-11-13-41-29)36-28(31)26(35-25)22(40)8-7-21-4-3-5-24(34-21)38-17-30(18-38)10-12-37(2)16-30;1-8-6-19-10-3-2-9(7-22(8)10)11-12(15-18-4-5-25-15)21-14(17)13(20-11)16(23)24;2*1-16-6-5-13(8-16)9-17(10-13)12-4-2-3-11(7-14)15-12;1-10(2,3)15-9(14)13-5-4-11(8-13)6-12-7-11;7-6-3-1-2-5(4-8)9-6;3-1(4)2(5)6/h3-6,9,11,13-15H,7-8,10,12,16-18H2,1-2H3,(H2,31,36);2-7H,1H3,(H2,17,21)(H,23,24);2-4H,5-10,14H2,1H3;2-4H,5-6,8-10H2,1H3;12H,4-8H2,1-3H3;1-3H;(H,3,4)(H,5,6). The summed E-state index contributed by atoms with van der Waals surface area (Å²) in [4.78, 5) is 123. The molecule has 1 amide bonds. The Hall–Kier alpha value is -14.4. The molecule has 12 aromatic heterocycles. The van der Waals surface area contributed by atoms with Gasteiger partial charge in [-0.3, -0.25) is 4.79 Å². The van der Waals surface area contributed by atoms with Crippen molar-refractivity contribution in [1.29, 1.82) is 10.5 Å². The number of Topliss-reactive ketones (excluding diaryl/α,β-unsaturated/α-hetero) is 1. The third-order valence-electron chi connectivity index (χ3n) is 23.9. The first kappa shape index (κ1) is 91.8. The van der Waals surface area contributed by atoms with Gasteiger partial charge in [0, 0.05) is 173 Å². The van der Waals surface area contributed by atoms with E-state index in [4.69, 9.17) is 71.1 Å². The molecule has 676 valence electrons. The van der Waals surface area contributed by atoms with Crippen molar-refractivity contribution in [2.45, 2.75) is 85.3 Å². The topological polar surface area (TPSA) is 505 Å². The second-order valence-corrected chi connectivity index (χ2v) is 35.3. The van der Waals surface area contributed by atoms with Crippen LogP contribution in [-0.4, -0.2) is 265 Å². The van der Waals surface area contributed by atoms with Gasteiger partial charge in [-0.15, -0.1) is 0 Å². The van der Waals surface area contributed by atoms with Gasteiger partial charge in [0.1, 0.15) is 87.5 Å². The number of carboxylic acid groups (broad SMARTS) is 3. The van der Waals surface area contributed by atoms with Crippen LogP contribution in [0.25, 0.3) is 57.0 Å². The van der Waals surface area contributed by atoms with Crippen LogP contribution in [0.2, 0.25) is 0 Å². The van der Waals surface area contributed by atoms with Crippen molar-refractivity contribution in [1.82, 2.24) is 93.5 Å². The average Bonchev–Trinajstić information content (AvgIpc) is 1.57. The number of nitriles is 2. The molecule has 0 aromatic carbocycles. The Morgan fingerprint density at radius 1 is 0.523 bits per heavy atom. The third kappa shape index (κ3) is 21.7. The number of nitrogens with one attached hydrogen (secondary N) is 1. The fourth-order valence-electron chi connectivity index (χ4n) is 17.4. The number of amides is 1. The minimum absolute atomic E-state index is 0.0426. The summed E-state index contributed by atoms with van der Waals surface area (Å²) in [5.41, 5.74) is 27.6. The summed E-state index contributed by atoms with van der Waals surface area (Å²) in [5.74, 6) is -2.39. The molecule has 0 atom stereocenters. The number of carbonyl (C=O) groups excluding carboxylic acids is 2. The number of aromatic nitrogens is 14. The van der Waals surface area contributed by atoms with Gasteiger partial charge < -0.3 is 94.5 Å². The number of likely N-dealkylation sites (tertiary alicyclic amines) is 4. The van der Waals surface area contributed by atoms with E-state index < -0.39 is 23.9 Å². The number of nitrogen functional groups attached to an aromatic ring is 2. The van der Waals surface area contributed by atoms with E-state index in [-0.39, 0.29) is 70.1 Å². The summed E-state index contributed by atoms with van der Waals surface area (Å²) >= 11 is 0. The summed E-state index contributed by atoms with van der Waals surface area (Å²) in [6.45, 7) is 27.6. The van der Waals surface area contributed by atoms with E-state index in [1.165, 1.54) is 88.6 Å². The van der Waals surface area contributed by atoms with Crippen LogP contribution in [0, 0.1) is 64.1 Å². The van der Waals surface area contributed by atoms with Crippen LogP contribution in [0.4, 0.5) is 38.3 Å². The Bertz CT molecular complexity index is 6170. The zero-order chi connectivity index (χ0) is 92.4. The molecule has 0 radical (unpaired) electrons. The zero-order valence-corrected chi connectivity index (χ0v) is 73.6. The fourth-order valence-corrected chi connectivity index (χ4v) is 17.4. The molecule has 20 rings (SSSR count). The number of oxazole rings is 2. The van der Waals surface area contributed by atoms with E-state index in [1.54, 1.807) is 42.9 Å². The van der Waals surface area contributed by atoms with Gasteiger partial charge in [0.15, 0.2) is 34.5 Å². The molecule has 8 saturated heterocycles. The first-order valence-electron chi connectivity index (χ1n) is 42.5. The van der Waals surface area contributed by atoms with Crippen molar-refractivity contribution >= 4 is 70.2 Å². The van der Waals surface area contributed by atoms with Crippen molar-refractivity contribution in [3.8, 4) is 57.8 Å². The maximum atomic E-state index is 13.5. The number of fused-ring (bicyclic) bond motifs is 2. The predicted octanol–water partition coefficient (Wildman–Crippen LogP) is 8.97. The summed E-state index contributed by atoms with van der Waals surface area (Å²) in [6, 6.07) is 33.1. The Balaban J connectivity index is 0.000000132. The quantitative estimate of drug-likeness (QED) is 0.0321. The van der Waals surface area contributed by atoms with E-state index in [9.17, 15) is 23.9 Å². The lowest BCUT2D eigenvalue weighted by Gasteiger charge is -2.48. The monoisotopic (exact) mass is 1770 g/mol. The molecule has 8 aliphatic heterocycles. The largest absolute Gasteiger partial charge is 0.476 e. The molecule has 0 aliphatic carbocycles. The van der Waals surface area contributed by atoms with Gasteiger partial charge in [0.25, 0.3) is 0 Å². The molecule has 39 heteroatoms. The first-order chi connectivity index (χ1) is 62.2. The highest BCUT2D eigenvalue weighted by atomic mass is 19.1. The minimum atomic E-state index is -1.82. The number of ether oxygens (including phenoxy) is 1. The normalized spacial score (nSPS) is 17.0. The highest BCUT2D eigenvalue weighted by Gasteiger charge is 2.50. The van der Waals surface area contributed by atoms with Gasteiger partial charge in [-0.1, -0.05) is 24.3 Å². The highest BCUT2D eigenvalue weighted by molar-refractivity contribution is 6.27. The third-order valence-corrected chi connectivity index (χ3v) is 23.9. The van der Waals surface area contributed by atoms with Gasteiger partial charge in [0.2, 0.25) is 17.7 Å². The van der Waals surface area contributed by atoms with Crippen LogP contribution in [0.5, 0.6) is 0 Å². The molecule has 8 fully saturated rings. The number of hydrogen-bond acceptors (Lipinski definition) is 32. The van der Waals surface area contributed by atoms with Crippen LogP contribution < -0.4 is 37.2 Å². The first-order valence-corrected chi connectivity index (χ1v) is 42.5. The number of carbonyl (C=O) groups is 5. The molecule has 12 aromatic rings. The van der Waals surface area contributed by atoms with Crippen LogP contribution in [0.15, 0.2) is 156 Å². The van der Waals surface area contributed by atoms with E-state index >= 15 is 0 Å². The van der Waals surface area contributed by atoms with Crippen LogP contribution in [0.1, 0.15) is 108 Å².